The summed E-state index contributed by atoms with van der Waals surface area (Å²) in [5.74, 6) is 2.67. The van der Waals surface area contributed by atoms with Gasteiger partial charge in [0.05, 0.1) is 19.2 Å². The zero-order chi connectivity index (χ0) is 15.2. The zero-order valence-corrected chi connectivity index (χ0v) is 13.3. The predicted octanol–water partition coefficient (Wildman–Crippen LogP) is 2.64. The molecule has 5 nitrogen and oxygen atoms in total. The first kappa shape index (κ1) is 15.5. The molecule has 1 aromatic carbocycles. The van der Waals surface area contributed by atoms with Crippen LogP contribution < -0.4 is 10.1 Å². The van der Waals surface area contributed by atoms with Gasteiger partial charge in [0.15, 0.2) is 0 Å². The minimum absolute atomic E-state index is 0.151. The molecule has 0 amide bonds. The third-order valence-corrected chi connectivity index (χ3v) is 3.36. The van der Waals surface area contributed by atoms with Crippen LogP contribution in [0.5, 0.6) is 5.75 Å². The van der Waals surface area contributed by atoms with Crippen LogP contribution in [0.25, 0.3) is 0 Å². The van der Waals surface area contributed by atoms with E-state index in [1.165, 1.54) is 0 Å². The van der Waals surface area contributed by atoms with Gasteiger partial charge in [-0.1, -0.05) is 25.1 Å². The summed E-state index contributed by atoms with van der Waals surface area (Å²) in [5.41, 5.74) is 1.16. The van der Waals surface area contributed by atoms with Crippen LogP contribution in [-0.2, 0) is 6.54 Å². The Balaban J connectivity index is 2.28. The Morgan fingerprint density at radius 1 is 1.24 bits per heavy atom. The third kappa shape index (κ3) is 3.82. The van der Waals surface area contributed by atoms with Crippen LogP contribution in [0.4, 0.5) is 0 Å². The van der Waals surface area contributed by atoms with E-state index in [4.69, 9.17) is 4.74 Å². The maximum Gasteiger partial charge on any atom is 0.147 e. The van der Waals surface area contributed by atoms with Crippen molar-refractivity contribution in [2.24, 2.45) is 0 Å². The third-order valence-electron chi connectivity index (χ3n) is 3.36. The highest BCUT2D eigenvalue weighted by atomic mass is 16.5. The summed E-state index contributed by atoms with van der Waals surface area (Å²) < 4.78 is 7.70. The van der Waals surface area contributed by atoms with Crippen LogP contribution in [0.2, 0.25) is 0 Å². The summed E-state index contributed by atoms with van der Waals surface area (Å²) in [6.07, 6.45) is 0. The van der Waals surface area contributed by atoms with Gasteiger partial charge in [-0.15, -0.1) is 0 Å². The van der Waals surface area contributed by atoms with Gasteiger partial charge in [-0.25, -0.2) is 9.67 Å². The van der Waals surface area contributed by atoms with Crippen molar-refractivity contribution in [1.82, 2.24) is 20.1 Å². The summed E-state index contributed by atoms with van der Waals surface area (Å²) >= 11 is 0. The number of para-hydroxylation sites is 1. The van der Waals surface area contributed by atoms with Crippen molar-refractivity contribution >= 4 is 0 Å². The van der Waals surface area contributed by atoms with Crippen molar-refractivity contribution in [2.75, 3.05) is 13.2 Å². The van der Waals surface area contributed by atoms with E-state index in [1.54, 1.807) is 0 Å². The molecule has 0 aliphatic heterocycles. The summed E-state index contributed by atoms with van der Waals surface area (Å²) in [6.45, 7) is 10.3. The molecule has 0 saturated carbocycles. The number of aromatic nitrogens is 3. The molecular weight excluding hydrogens is 264 g/mol. The van der Waals surface area contributed by atoms with E-state index in [0.717, 1.165) is 36.1 Å². The van der Waals surface area contributed by atoms with Crippen LogP contribution in [0, 0.1) is 13.8 Å². The molecule has 21 heavy (non-hydrogen) atoms. The minimum atomic E-state index is 0.151. The highest BCUT2D eigenvalue weighted by molar-refractivity contribution is 5.36. The summed E-state index contributed by atoms with van der Waals surface area (Å²) in [6, 6.07) is 8.32. The molecule has 0 bridgehead atoms. The van der Waals surface area contributed by atoms with E-state index in [0.29, 0.717) is 6.61 Å². The highest BCUT2D eigenvalue weighted by Gasteiger charge is 2.17. The smallest absolute Gasteiger partial charge is 0.147 e. The number of aryl methyl sites for hydroxylation is 2. The molecule has 1 aromatic heterocycles. The van der Waals surface area contributed by atoms with Crippen LogP contribution in [0.15, 0.2) is 24.3 Å². The number of nitrogens with zero attached hydrogens (tertiary/aromatic N) is 3. The van der Waals surface area contributed by atoms with Crippen molar-refractivity contribution in [1.29, 1.82) is 0 Å². The number of ether oxygens (including phenoxy) is 1. The Labute approximate surface area is 126 Å². The Bertz CT molecular complexity index is 579. The fraction of sp³-hybridized carbons (Fsp3) is 0.500. The van der Waals surface area contributed by atoms with Crippen LogP contribution >= 0.6 is 0 Å². The molecular formula is C16H24N4O. The summed E-state index contributed by atoms with van der Waals surface area (Å²) in [7, 11) is 0. The van der Waals surface area contributed by atoms with Gasteiger partial charge in [-0.05, 0) is 33.4 Å². The average molecular weight is 288 g/mol. The Morgan fingerprint density at radius 3 is 2.62 bits per heavy atom. The second kappa shape index (κ2) is 7.22. The van der Waals surface area contributed by atoms with E-state index in [2.05, 4.69) is 28.4 Å². The van der Waals surface area contributed by atoms with Gasteiger partial charge < -0.3 is 10.1 Å². The van der Waals surface area contributed by atoms with Gasteiger partial charge >= 0.3 is 0 Å². The topological polar surface area (TPSA) is 52.0 Å². The Morgan fingerprint density at radius 2 is 2.00 bits per heavy atom. The molecule has 0 fully saturated rings. The molecule has 1 heterocycles. The molecule has 0 radical (unpaired) electrons. The molecule has 0 saturated heterocycles. The quantitative estimate of drug-likeness (QED) is 0.851. The number of benzene rings is 1. The maximum absolute atomic E-state index is 5.75. The Hall–Kier alpha value is -1.88. The lowest BCUT2D eigenvalue weighted by molar-refractivity contribution is 0.327. The maximum atomic E-state index is 5.75. The number of hydrogen-bond acceptors (Lipinski definition) is 4. The molecule has 0 aliphatic carbocycles. The van der Waals surface area contributed by atoms with Crippen molar-refractivity contribution < 1.29 is 4.74 Å². The molecule has 5 heteroatoms. The molecule has 1 N–H and O–H groups in total. The second-order valence-corrected chi connectivity index (χ2v) is 4.97. The highest BCUT2D eigenvalue weighted by Crippen LogP contribution is 2.26. The molecule has 1 atom stereocenters. The second-order valence-electron chi connectivity index (χ2n) is 4.97. The van der Waals surface area contributed by atoms with Gasteiger partial charge in [0.2, 0.25) is 0 Å². The molecule has 0 spiro atoms. The zero-order valence-electron chi connectivity index (χ0n) is 13.3. The first-order valence-electron chi connectivity index (χ1n) is 7.48. The van der Waals surface area contributed by atoms with Crippen LogP contribution in [0.1, 0.15) is 37.1 Å². The number of likely N-dealkylation sites (N-methyl/N-ethyl adjacent to an activating group) is 1. The van der Waals surface area contributed by atoms with E-state index in [1.807, 2.05) is 43.7 Å². The van der Waals surface area contributed by atoms with Crippen LogP contribution in [-0.4, -0.2) is 27.9 Å². The fourth-order valence-electron chi connectivity index (χ4n) is 2.48. The van der Waals surface area contributed by atoms with Crippen molar-refractivity contribution in [3.63, 3.8) is 0 Å². The number of nitrogens with one attached hydrogen (secondary N) is 1. The van der Waals surface area contributed by atoms with Crippen molar-refractivity contribution in [3.8, 4) is 5.75 Å². The number of rotatable bonds is 7. The summed E-state index contributed by atoms with van der Waals surface area (Å²) in [5, 5.41) is 7.97. The first-order valence-corrected chi connectivity index (χ1v) is 7.48. The van der Waals surface area contributed by atoms with E-state index < -0.39 is 0 Å². The molecule has 114 valence electrons. The van der Waals surface area contributed by atoms with Gasteiger partial charge in [0, 0.05) is 5.56 Å². The van der Waals surface area contributed by atoms with Gasteiger partial charge in [0.25, 0.3) is 0 Å². The number of hydrogen-bond donors (Lipinski definition) is 1. The van der Waals surface area contributed by atoms with Gasteiger partial charge in [0.1, 0.15) is 17.4 Å². The lowest BCUT2D eigenvalue weighted by Gasteiger charge is -2.21. The van der Waals surface area contributed by atoms with Gasteiger partial charge in [-0.2, -0.15) is 5.10 Å². The minimum Gasteiger partial charge on any atom is -0.494 e. The monoisotopic (exact) mass is 288 g/mol. The van der Waals surface area contributed by atoms with Gasteiger partial charge in [-0.3, -0.25) is 0 Å². The van der Waals surface area contributed by atoms with E-state index >= 15 is 0 Å². The lowest BCUT2D eigenvalue weighted by atomic mass is 10.1. The molecule has 0 aliphatic rings. The molecule has 2 aromatic rings. The lowest BCUT2D eigenvalue weighted by Crippen LogP contribution is -2.27. The van der Waals surface area contributed by atoms with Crippen molar-refractivity contribution in [3.05, 3.63) is 41.5 Å². The van der Waals surface area contributed by atoms with E-state index in [9.17, 15) is 0 Å². The molecule has 2 rings (SSSR count). The van der Waals surface area contributed by atoms with E-state index in [-0.39, 0.29) is 6.04 Å². The first-order chi connectivity index (χ1) is 10.2. The Kier molecular flexibility index (Phi) is 5.33. The van der Waals surface area contributed by atoms with Crippen molar-refractivity contribution in [2.45, 2.75) is 40.3 Å². The fourth-order valence-corrected chi connectivity index (χ4v) is 2.48. The van der Waals surface area contributed by atoms with Crippen LogP contribution in [0.3, 0.4) is 0 Å². The summed E-state index contributed by atoms with van der Waals surface area (Å²) in [4.78, 5) is 4.37. The normalized spacial score (nSPS) is 12.4. The SMILES string of the molecule is CCNC(Cn1nc(C)nc1C)c1ccccc1OCC. The molecule has 1 unspecified atom stereocenters. The average Bonchev–Trinajstić information content (AvgIpc) is 2.77. The largest absolute Gasteiger partial charge is 0.494 e. The predicted molar refractivity (Wildman–Crippen MR) is 83.5 cm³/mol. The standard InChI is InChI=1S/C16H24N4O/c1-5-17-15(11-20-13(4)18-12(3)19-20)14-9-7-8-10-16(14)21-6-2/h7-10,15,17H,5-6,11H2,1-4H3.